The molecule has 1 aromatic heterocycles. The molecular formula is C31H29Cl2FN6O. The number of rotatable bonds is 4. The lowest BCUT2D eigenvalue weighted by Gasteiger charge is -2.32. The van der Waals surface area contributed by atoms with E-state index in [1.807, 2.05) is 11.0 Å². The molecule has 2 N–H and O–H groups in total. The lowest BCUT2D eigenvalue weighted by molar-refractivity contribution is 0.0709. The number of anilines is 2. The number of carbonyl (C=O) groups excluding carboxylic acids is 1. The van der Waals surface area contributed by atoms with Gasteiger partial charge in [0, 0.05) is 64.8 Å². The Labute approximate surface area is 248 Å². The molecule has 2 aliphatic heterocycles. The minimum Gasteiger partial charge on any atom is -0.336 e. The highest BCUT2D eigenvalue weighted by Crippen LogP contribution is 2.34. The molecule has 7 nitrogen and oxygen atoms in total. The molecule has 0 aliphatic carbocycles. The molecule has 1 atom stereocenters. The molecule has 1 amide bonds. The van der Waals surface area contributed by atoms with Gasteiger partial charge >= 0.3 is 0 Å². The van der Waals surface area contributed by atoms with Crippen molar-refractivity contribution < 1.29 is 9.18 Å². The summed E-state index contributed by atoms with van der Waals surface area (Å²) in [5, 5.41) is 7.39. The van der Waals surface area contributed by atoms with Gasteiger partial charge in [0.2, 0.25) is 5.95 Å². The van der Waals surface area contributed by atoms with Crippen molar-refractivity contribution in [1.29, 1.82) is 0 Å². The molecule has 2 aliphatic rings. The van der Waals surface area contributed by atoms with E-state index in [2.05, 4.69) is 22.5 Å². The van der Waals surface area contributed by atoms with Crippen LogP contribution in [0.3, 0.4) is 0 Å². The molecule has 6 rings (SSSR count). The average molecular weight is 592 g/mol. The summed E-state index contributed by atoms with van der Waals surface area (Å²) in [6.07, 6.45) is 1.71. The summed E-state index contributed by atoms with van der Waals surface area (Å²) >= 11 is 12.9. The largest absolute Gasteiger partial charge is 0.336 e. The number of aliphatic imine (C=N–C) groups is 1. The van der Waals surface area contributed by atoms with Crippen molar-refractivity contribution >= 4 is 46.5 Å². The minimum absolute atomic E-state index is 0. The molecular weight excluding hydrogens is 562 g/mol. The monoisotopic (exact) mass is 590 g/mol. The Kier molecular flexibility index (Phi) is 8.35. The topological polar surface area (TPSA) is 82.5 Å². The number of carbonyl (C=O) groups is 1. The van der Waals surface area contributed by atoms with Crippen LogP contribution in [0, 0.1) is 5.82 Å². The Hall–Kier alpha value is -3.85. The maximum Gasteiger partial charge on any atom is 0.255 e. The molecule has 1 saturated heterocycles. The van der Waals surface area contributed by atoms with Crippen LogP contribution in [0.15, 0.2) is 71.9 Å². The third-order valence-electron chi connectivity index (χ3n) is 7.00. The van der Waals surface area contributed by atoms with Crippen LogP contribution in [0.25, 0.3) is 11.3 Å². The van der Waals surface area contributed by atoms with Crippen LogP contribution in [0.1, 0.15) is 41.4 Å². The Morgan fingerprint density at radius 1 is 1.07 bits per heavy atom. The van der Waals surface area contributed by atoms with E-state index in [0.717, 1.165) is 17.7 Å². The van der Waals surface area contributed by atoms with Gasteiger partial charge in [0.1, 0.15) is 5.82 Å². The molecule has 10 heteroatoms. The van der Waals surface area contributed by atoms with Gasteiger partial charge in [-0.2, -0.15) is 0 Å². The molecule has 0 bridgehead atoms. The summed E-state index contributed by atoms with van der Waals surface area (Å²) in [4.78, 5) is 28.9. The maximum absolute atomic E-state index is 14.8. The molecule has 0 radical (unpaired) electrons. The number of nitrogens with zero attached hydrogens (tertiary/aromatic N) is 4. The summed E-state index contributed by atoms with van der Waals surface area (Å²) in [5.74, 6) is -0.107. The number of piperazine rings is 1. The highest BCUT2D eigenvalue weighted by molar-refractivity contribution is 6.34. The van der Waals surface area contributed by atoms with Crippen LogP contribution in [0.2, 0.25) is 10.0 Å². The van der Waals surface area contributed by atoms with Crippen molar-refractivity contribution in [3.05, 3.63) is 105 Å². The van der Waals surface area contributed by atoms with Crippen LogP contribution >= 0.6 is 23.2 Å². The van der Waals surface area contributed by atoms with Gasteiger partial charge in [-0.15, -0.1) is 0 Å². The Morgan fingerprint density at radius 2 is 1.90 bits per heavy atom. The van der Waals surface area contributed by atoms with E-state index in [-0.39, 0.29) is 31.7 Å². The van der Waals surface area contributed by atoms with Gasteiger partial charge in [-0.25, -0.2) is 14.4 Å². The van der Waals surface area contributed by atoms with E-state index in [1.54, 1.807) is 54.7 Å². The van der Waals surface area contributed by atoms with E-state index in [1.165, 1.54) is 6.07 Å². The summed E-state index contributed by atoms with van der Waals surface area (Å²) < 4.78 is 14.8. The summed E-state index contributed by atoms with van der Waals surface area (Å²) in [5.41, 5.74) is 4.92. The van der Waals surface area contributed by atoms with E-state index in [0.29, 0.717) is 62.9 Å². The third kappa shape index (κ3) is 5.81. The number of benzene rings is 3. The van der Waals surface area contributed by atoms with Crippen LogP contribution in [-0.4, -0.2) is 52.2 Å². The van der Waals surface area contributed by atoms with Gasteiger partial charge in [-0.05, 0) is 49.4 Å². The van der Waals surface area contributed by atoms with Crippen molar-refractivity contribution in [2.45, 2.75) is 26.9 Å². The van der Waals surface area contributed by atoms with Crippen LogP contribution in [0.5, 0.6) is 0 Å². The van der Waals surface area contributed by atoms with E-state index >= 15 is 0 Å². The fraction of sp³-hybridized carbons (Fsp3) is 0.226. The van der Waals surface area contributed by atoms with Crippen molar-refractivity contribution in [1.82, 2.24) is 20.2 Å². The highest BCUT2D eigenvalue weighted by Gasteiger charge is 2.25. The number of hydrogen-bond acceptors (Lipinski definition) is 6. The highest BCUT2D eigenvalue weighted by atomic mass is 35.5. The van der Waals surface area contributed by atoms with E-state index in [4.69, 9.17) is 33.2 Å². The number of amides is 1. The Morgan fingerprint density at radius 3 is 2.68 bits per heavy atom. The number of nitrogens with one attached hydrogen (secondary N) is 2. The smallest absolute Gasteiger partial charge is 0.255 e. The van der Waals surface area contributed by atoms with Crippen LogP contribution in [-0.2, 0) is 6.54 Å². The molecule has 4 aromatic rings. The van der Waals surface area contributed by atoms with Crippen LogP contribution in [0.4, 0.5) is 16.0 Å². The van der Waals surface area contributed by atoms with E-state index in [9.17, 15) is 9.18 Å². The molecule has 1 unspecified atom stereocenters. The molecule has 0 saturated carbocycles. The van der Waals surface area contributed by atoms with Gasteiger partial charge < -0.3 is 15.5 Å². The predicted octanol–water partition coefficient (Wildman–Crippen LogP) is 6.75. The number of aromatic nitrogens is 2. The first-order valence-electron chi connectivity index (χ1n) is 12.9. The second-order valence-corrected chi connectivity index (χ2v) is 10.7. The van der Waals surface area contributed by atoms with E-state index < -0.39 is 0 Å². The van der Waals surface area contributed by atoms with Crippen molar-refractivity contribution in [3.63, 3.8) is 0 Å². The molecule has 3 heterocycles. The normalized spacial score (nSPS) is 16.0. The van der Waals surface area contributed by atoms with Gasteiger partial charge in [0.05, 0.1) is 28.5 Å². The lowest BCUT2D eigenvalue weighted by atomic mass is 9.95. The molecule has 3 aromatic carbocycles. The number of halogens is 3. The third-order valence-corrected chi connectivity index (χ3v) is 7.55. The molecule has 0 spiro atoms. The number of hydrogen-bond donors (Lipinski definition) is 2. The van der Waals surface area contributed by atoms with Crippen molar-refractivity contribution in [2.75, 3.05) is 25.0 Å². The second kappa shape index (κ2) is 11.9. The first-order valence-corrected chi connectivity index (χ1v) is 13.7. The average Bonchev–Trinajstić information content (AvgIpc) is 3.09. The zero-order valence-electron chi connectivity index (χ0n) is 21.6. The van der Waals surface area contributed by atoms with Gasteiger partial charge in [-0.1, -0.05) is 48.8 Å². The molecule has 1 fully saturated rings. The van der Waals surface area contributed by atoms with Gasteiger partial charge in [0.25, 0.3) is 5.91 Å². The van der Waals surface area contributed by atoms with Crippen molar-refractivity contribution in [2.24, 2.45) is 4.99 Å². The Bertz CT molecular complexity index is 1660. The Balaban J connectivity index is 0.00000337. The van der Waals surface area contributed by atoms with Crippen molar-refractivity contribution in [3.8, 4) is 11.3 Å². The minimum atomic E-state index is -0.364. The lowest BCUT2D eigenvalue weighted by Crippen LogP contribution is -2.51. The van der Waals surface area contributed by atoms with Crippen LogP contribution < -0.4 is 10.6 Å². The standard InChI is InChI=1S/C30H25Cl2FN6O.CH4/c1-17-16-39(11-10-34-17)29(40)22-9-7-20(13-25(22)32)37-30-36-15-18-14-35-28(23-4-2-3-5-26(23)33)24-12-19(31)6-8-21(24)27(18)38-30;/h2-9,12-13,15,17,34H,10-11,14,16H2,1H3,(H,36,37,38);1H4. The fourth-order valence-electron chi connectivity index (χ4n) is 5.05. The first kappa shape index (κ1) is 28.7. The fourth-order valence-corrected chi connectivity index (χ4v) is 5.48. The molecule has 41 heavy (non-hydrogen) atoms. The first-order chi connectivity index (χ1) is 19.4. The predicted molar refractivity (Wildman–Crippen MR) is 163 cm³/mol. The SMILES string of the molecule is C.CC1CN(C(=O)c2ccc(Nc3ncc4c(n3)-c3ccc(Cl)cc3C(c3ccccc3F)=NC4)cc2Cl)CCN1. The quantitative estimate of drug-likeness (QED) is 0.274. The molecule has 210 valence electrons. The second-order valence-electron chi connectivity index (χ2n) is 9.83. The zero-order valence-corrected chi connectivity index (χ0v) is 23.1. The maximum atomic E-state index is 14.8. The number of fused-ring (bicyclic) bond motifs is 3. The van der Waals surface area contributed by atoms with Gasteiger partial charge in [0.15, 0.2) is 0 Å². The zero-order chi connectivity index (χ0) is 27.8. The van der Waals surface area contributed by atoms with Gasteiger partial charge in [-0.3, -0.25) is 9.79 Å². The summed E-state index contributed by atoms with van der Waals surface area (Å²) in [6.45, 7) is 4.35. The summed E-state index contributed by atoms with van der Waals surface area (Å²) in [7, 11) is 0. The summed E-state index contributed by atoms with van der Waals surface area (Å²) in [6, 6.07) is 17.4.